The maximum atomic E-state index is 6.14. The van der Waals surface area contributed by atoms with E-state index in [0.717, 1.165) is 18.8 Å². The summed E-state index contributed by atoms with van der Waals surface area (Å²) < 4.78 is 0. The highest BCUT2D eigenvalue weighted by Crippen LogP contribution is 2.24. The van der Waals surface area contributed by atoms with Crippen LogP contribution in [0.5, 0.6) is 0 Å². The topological polar surface area (TPSA) is 38.4 Å². The minimum Gasteiger partial charge on any atom is -0.387 e. The van der Waals surface area contributed by atoms with Crippen molar-refractivity contribution in [2.45, 2.75) is 52.0 Å². The van der Waals surface area contributed by atoms with E-state index in [2.05, 4.69) is 36.2 Å². The zero-order chi connectivity index (χ0) is 12.8. The van der Waals surface area contributed by atoms with Crippen molar-refractivity contribution in [1.82, 2.24) is 0 Å². The number of nitrogens with zero attached hydrogens (tertiary/aromatic N) is 1. The fourth-order valence-electron chi connectivity index (χ4n) is 2.76. The summed E-state index contributed by atoms with van der Waals surface area (Å²) in [7, 11) is 0. The highest BCUT2D eigenvalue weighted by atomic mass is 14.9. The monoisotopic (exact) mass is 244 g/mol. The van der Waals surface area contributed by atoms with Crippen molar-refractivity contribution in [1.29, 1.82) is 0 Å². The van der Waals surface area contributed by atoms with E-state index in [9.17, 15) is 0 Å². The summed E-state index contributed by atoms with van der Waals surface area (Å²) in [6, 6.07) is 8.52. The summed E-state index contributed by atoms with van der Waals surface area (Å²) in [6.45, 7) is 2.93. The van der Waals surface area contributed by atoms with Crippen molar-refractivity contribution in [2.75, 3.05) is 0 Å². The lowest BCUT2D eigenvalue weighted by atomic mass is 9.88. The molecule has 0 saturated heterocycles. The molecule has 1 saturated carbocycles. The van der Waals surface area contributed by atoms with Crippen molar-refractivity contribution < 1.29 is 0 Å². The molecule has 1 aliphatic carbocycles. The van der Waals surface area contributed by atoms with Crippen LogP contribution in [0, 0.1) is 5.92 Å². The van der Waals surface area contributed by atoms with Crippen molar-refractivity contribution in [3.8, 4) is 0 Å². The van der Waals surface area contributed by atoms with Gasteiger partial charge in [0.25, 0.3) is 0 Å². The molecule has 2 N–H and O–H groups in total. The molecule has 0 radical (unpaired) electrons. The molecule has 1 aliphatic rings. The molecular formula is C16H24N2. The van der Waals surface area contributed by atoms with Crippen LogP contribution in [0.25, 0.3) is 0 Å². The zero-order valence-corrected chi connectivity index (χ0v) is 11.4. The van der Waals surface area contributed by atoms with Gasteiger partial charge in [0.1, 0.15) is 0 Å². The number of aryl methyl sites for hydroxylation is 1. The van der Waals surface area contributed by atoms with Gasteiger partial charge >= 0.3 is 0 Å². The van der Waals surface area contributed by atoms with E-state index in [1.807, 2.05) is 0 Å². The molecule has 0 aliphatic heterocycles. The van der Waals surface area contributed by atoms with Crippen LogP contribution in [0.1, 0.15) is 50.2 Å². The predicted molar refractivity (Wildman–Crippen MR) is 77.7 cm³/mol. The molecular weight excluding hydrogens is 220 g/mol. The SMILES string of the molecule is CCc1ccccc1CN=C(N)C1CCCCC1. The maximum Gasteiger partial charge on any atom is 0.0972 e. The molecule has 1 aromatic carbocycles. The quantitative estimate of drug-likeness (QED) is 0.636. The van der Waals surface area contributed by atoms with Gasteiger partial charge in [-0.05, 0) is 30.4 Å². The van der Waals surface area contributed by atoms with E-state index in [1.54, 1.807) is 0 Å². The summed E-state index contributed by atoms with van der Waals surface area (Å²) in [5.74, 6) is 1.41. The highest BCUT2D eigenvalue weighted by molar-refractivity contribution is 5.82. The minimum atomic E-state index is 0.535. The number of nitrogens with two attached hydrogens (primary N) is 1. The molecule has 0 amide bonds. The van der Waals surface area contributed by atoms with Gasteiger partial charge in [0.05, 0.1) is 12.4 Å². The average molecular weight is 244 g/mol. The molecule has 2 heteroatoms. The van der Waals surface area contributed by atoms with Gasteiger partial charge in [-0.25, -0.2) is 0 Å². The van der Waals surface area contributed by atoms with Crippen LogP contribution in [-0.4, -0.2) is 5.84 Å². The number of hydrogen-bond donors (Lipinski definition) is 1. The van der Waals surface area contributed by atoms with Gasteiger partial charge in [-0.1, -0.05) is 50.5 Å². The predicted octanol–water partition coefficient (Wildman–Crippen LogP) is 3.69. The Bertz CT molecular complexity index is 403. The zero-order valence-electron chi connectivity index (χ0n) is 11.4. The van der Waals surface area contributed by atoms with Crippen molar-refractivity contribution >= 4 is 5.84 Å². The van der Waals surface area contributed by atoms with E-state index in [1.165, 1.54) is 43.2 Å². The molecule has 18 heavy (non-hydrogen) atoms. The van der Waals surface area contributed by atoms with Crippen LogP contribution in [0.4, 0.5) is 0 Å². The molecule has 0 aromatic heterocycles. The van der Waals surface area contributed by atoms with E-state index in [-0.39, 0.29) is 0 Å². The third-order valence-electron chi connectivity index (χ3n) is 3.95. The van der Waals surface area contributed by atoms with Gasteiger partial charge in [0.2, 0.25) is 0 Å². The first kappa shape index (κ1) is 13.1. The Morgan fingerprint density at radius 3 is 2.50 bits per heavy atom. The van der Waals surface area contributed by atoms with Gasteiger partial charge in [0.15, 0.2) is 0 Å². The van der Waals surface area contributed by atoms with E-state index in [4.69, 9.17) is 5.73 Å². The summed E-state index contributed by atoms with van der Waals surface area (Å²) in [4.78, 5) is 4.62. The molecule has 2 rings (SSSR count). The van der Waals surface area contributed by atoms with Crippen LogP contribution < -0.4 is 5.73 Å². The standard InChI is InChI=1S/C16H24N2/c1-2-13-8-6-7-11-15(13)12-18-16(17)14-9-4-3-5-10-14/h6-8,11,14H,2-5,9-10,12H2,1H3,(H2,17,18). The van der Waals surface area contributed by atoms with Gasteiger partial charge in [-0.15, -0.1) is 0 Å². The van der Waals surface area contributed by atoms with Crippen molar-refractivity contribution in [3.05, 3.63) is 35.4 Å². The molecule has 1 aromatic rings. The number of rotatable bonds is 4. The lowest BCUT2D eigenvalue weighted by Gasteiger charge is -2.21. The van der Waals surface area contributed by atoms with Crippen LogP contribution in [-0.2, 0) is 13.0 Å². The Balaban J connectivity index is 2.00. The van der Waals surface area contributed by atoms with E-state index < -0.39 is 0 Å². The number of hydrogen-bond acceptors (Lipinski definition) is 1. The molecule has 1 fully saturated rings. The molecule has 0 bridgehead atoms. The smallest absolute Gasteiger partial charge is 0.0972 e. The lowest BCUT2D eigenvalue weighted by molar-refractivity contribution is 0.436. The summed E-state index contributed by atoms with van der Waals surface area (Å²) in [6.07, 6.45) is 7.51. The third-order valence-corrected chi connectivity index (χ3v) is 3.95. The van der Waals surface area contributed by atoms with Gasteiger partial charge in [-0.2, -0.15) is 0 Å². The number of benzene rings is 1. The van der Waals surface area contributed by atoms with Crippen molar-refractivity contribution in [3.63, 3.8) is 0 Å². The Morgan fingerprint density at radius 1 is 1.17 bits per heavy atom. The molecule has 2 nitrogen and oxygen atoms in total. The summed E-state index contributed by atoms with van der Waals surface area (Å²) in [5.41, 5.74) is 8.84. The summed E-state index contributed by atoms with van der Waals surface area (Å²) >= 11 is 0. The second kappa shape index (κ2) is 6.58. The first-order valence-electron chi connectivity index (χ1n) is 7.18. The van der Waals surface area contributed by atoms with Crippen LogP contribution in [0.15, 0.2) is 29.3 Å². The Hall–Kier alpha value is -1.31. The minimum absolute atomic E-state index is 0.535. The Morgan fingerprint density at radius 2 is 1.83 bits per heavy atom. The Labute approximate surface area is 110 Å². The van der Waals surface area contributed by atoms with Crippen LogP contribution in [0.2, 0.25) is 0 Å². The van der Waals surface area contributed by atoms with Gasteiger partial charge in [0, 0.05) is 5.92 Å². The number of amidine groups is 1. The number of aliphatic imine (C=N–C) groups is 1. The maximum absolute atomic E-state index is 6.14. The van der Waals surface area contributed by atoms with E-state index >= 15 is 0 Å². The third kappa shape index (κ3) is 3.34. The molecule has 0 atom stereocenters. The lowest BCUT2D eigenvalue weighted by Crippen LogP contribution is -2.25. The van der Waals surface area contributed by atoms with Crippen LogP contribution in [0.3, 0.4) is 0 Å². The van der Waals surface area contributed by atoms with Crippen LogP contribution >= 0.6 is 0 Å². The average Bonchev–Trinajstić information content (AvgIpc) is 2.46. The fourth-order valence-corrected chi connectivity index (χ4v) is 2.76. The van der Waals surface area contributed by atoms with Gasteiger partial charge in [-0.3, -0.25) is 4.99 Å². The first-order chi connectivity index (χ1) is 8.81. The largest absolute Gasteiger partial charge is 0.387 e. The molecule has 98 valence electrons. The molecule has 0 heterocycles. The highest BCUT2D eigenvalue weighted by Gasteiger charge is 2.16. The van der Waals surface area contributed by atoms with Crippen molar-refractivity contribution in [2.24, 2.45) is 16.6 Å². The Kier molecular flexibility index (Phi) is 4.80. The fraction of sp³-hybridized carbons (Fsp3) is 0.562. The molecule has 0 unspecified atom stereocenters. The summed E-state index contributed by atoms with van der Waals surface area (Å²) in [5, 5.41) is 0. The first-order valence-corrected chi connectivity index (χ1v) is 7.18. The second-order valence-electron chi connectivity index (χ2n) is 5.20. The second-order valence-corrected chi connectivity index (χ2v) is 5.20. The van der Waals surface area contributed by atoms with Gasteiger partial charge < -0.3 is 5.73 Å². The molecule has 0 spiro atoms. The van der Waals surface area contributed by atoms with E-state index in [0.29, 0.717) is 5.92 Å². The normalized spacial score (nSPS) is 17.9.